The van der Waals surface area contributed by atoms with Gasteiger partial charge in [-0.25, -0.2) is 0 Å². The molecule has 1 aliphatic heterocycles. The Bertz CT molecular complexity index is 527. The number of benzene rings is 1. The third kappa shape index (κ3) is 3.01. The highest BCUT2D eigenvalue weighted by Gasteiger charge is 2.10. The minimum absolute atomic E-state index is 0.722. The molecule has 0 radical (unpaired) electrons. The van der Waals surface area contributed by atoms with E-state index in [1.165, 1.54) is 5.56 Å². The van der Waals surface area contributed by atoms with Gasteiger partial charge in [-0.05, 0) is 30.5 Å². The number of hydrogen-bond donors (Lipinski definition) is 1. The number of tetrazole rings is 1. The molecule has 0 aliphatic carbocycles. The molecule has 0 spiro atoms. The zero-order valence-corrected chi connectivity index (χ0v) is 10.6. The first-order valence-corrected chi connectivity index (χ1v) is 6.53. The Hall–Kier alpha value is -2.11. The monoisotopic (exact) mass is 260 g/mol. The first-order chi connectivity index (χ1) is 9.42. The Labute approximate surface area is 111 Å². The Morgan fingerprint density at radius 1 is 1.11 bits per heavy atom. The molecule has 6 nitrogen and oxygen atoms in total. The van der Waals surface area contributed by atoms with E-state index in [0.29, 0.717) is 0 Å². The number of aryl methyl sites for hydroxylation is 2. The van der Waals surface area contributed by atoms with Crippen LogP contribution in [0.25, 0.3) is 0 Å². The molecule has 2 aromatic rings. The molecule has 6 heteroatoms. The van der Waals surface area contributed by atoms with Crippen LogP contribution in [-0.4, -0.2) is 33.8 Å². The van der Waals surface area contributed by atoms with Gasteiger partial charge < -0.3 is 9.47 Å². The standard InChI is InChI=1S/C13H16N4O2/c1(4-13-14-16-17-15-13)3-10-5-6-11-12(9-10)19-8-2-7-18-11/h5-6,9H,1-4,7-8H2,(H,14,15,16,17). The third-order valence-electron chi connectivity index (χ3n) is 3.07. The van der Waals surface area contributed by atoms with E-state index in [-0.39, 0.29) is 0 Å². The lowest BCUT2D eigenvalue weighted by molar-refractivity contribution is 0.297. The topological polar surface area (TPSA) is 72.9 Å². The molecule has 1 N–H and O–H groups in total. The summed E-state index contributed by atoms with van der Waals surface area (Å²) in [4.78, 5) is 0. The maximum absolute atomic E-state index is 5.68. The summed E-state index contributed by atoms with van der Waals surface area (Å²) in [5.41, 5.74) is 1.24. The number of rotatable bonds is 4. The number of aromatic amines is 1. The lowest BCUT2D eigenvalue weighted by atomic mass is 10.1. The number of nitrogens with zero attached hydrogens (tertiary/aromatic N) is 3. The first-order valence-electron chi connectivity index (χ1n) is 6.53. The van der Waals surface area contributed by atoms with E-state index in [4.69, 9.17) is 9.47 Å². The minimum atomic E-state index is 0.722. The van der Waals surface area contributed by atoms with Gasteiger partial charge in [-0.3, -0.25) is 0 Å². The average Bonchev–Trinajstić information content (AvgIpc) is 2.83. The Kier molecular flexibility index (Phi) is 3.58. The quantitative estimate of drug-likeness (QED) is 0.902. The summed E-state index contributed by atoms with van der Waals surface area (Å²) in [5, 5.41) is 13.9. The highest BCUT2D eigenvalue weighted by atomic mass is 16.5. The maximum atomic E-state index is 5.68. The van der Waals surface area contributed by atoms with E-state index >= 15 is 0 Å². The highest BCUT2D eigenvalue weighted by molar-refractivity contribution is 5.43. The van der Waals surface area contributed by atoms with Crippen LogP contribution in [0.5, 0.6) is 11.5 Å². The Morgan fingerprint density at radius 3 is 2.84 bits per heavy atom. The molecular formula is C13H16N4O2. The minimum Gasteiger partial charge on any atom is -0.490 e. The van der Waals surface area contributed by atoms with Gasteiger partial charge in [0.05, 0.1) is 13.2 Å². The van der Waals surface area contributed by atoms with Crippen molar-refractivity contribution in [3.05, 3.63) is 29.6 Å². The first kappa shape index (κ1) is 12.0. The van der Waals surface area contributed by atoms with Crippen LogP contribution in [0.3, 0.4) is 0 Å². The molecular weight excluding hydrogens is 244 g/mol. The van der Waals surface area contributed by atoms with Crippen LogP contribution in [0.2, 0.25) is 0 Å². The van der Waals surface area contributed by atoms with Gasteiger partial charge in [-0.15, -0.1) is 10.2 Å². The summed E-state index contributed by atoms with van der Waals surface area (Å²) in [6.45, 7) is 1.45. The fraction of sp³-hybridized carbons (Fsp3) is 0.462. The van der Waals surface area contributed by atoms with Crippen LogP contribution in [0.15, 0.2) is 18.2 Å². The second-order valence-corrected chi connectivity index (χ2v) is 4.51. The summed E-state index contributed by atoms with van der Waals surface area (Å²) < 4.78 is 11.3. The summed E-state index contributed by atoms with van der Waals surface area (Å²) in [6.07, 6.45) is 3.71. The number of fused-ring (bicyclic) bond motifs is 1. The van der Waals surface area contributed by atoms with Crippen LogP contribution in [0.1, 0.15) is 24.2 Å². The van der Waals surface area contributed by atoms with Crippen molar-refractivity contribution in [2.45, 2.75) is 25.7 Å². The molecule has 0 bridgehead atoms. The zero-order chi connectivity index (χ0) is 12.9. The lowest BCUT2D eigenvalue weighted by Crippen LogP contribution is -1.97. The van der Waals surface area contributed by atoms with Crippen molar-refractivity contribution in [1.29, 1.82) is 0 Å². The molecule has 2 heterocycles. The molecule has 100 valence electrons. The van der Waals surface area contributed by atoms with E-state index in [2.05, 4.69) is 32.8 Å². The molecule has 3 rings (SSSR count). The Morgan fingerprint density at radius 2 is 2.00 bits per heavy atom. The van der Waals surface area contributed by atoms with Crippen LogP contribution in [0.4, 0.5) is 0 Å². The van der Waals surface area contributed by atoms with Gasteiger partial charge in [0, 0.05) is 12.8 Å². The van der Waals surface area contributed by atoms with E-state index in [9.17, 15) is 0 Å². The van der Waals surface area contributed by atoms with Crippen molar-refractivity contribution in [2.24, 2.45) is 0 Å². The van der Waals surface area contributed by atoms with Crippen molar-refractivity contribution < 1.29 is 9.47 Å². The largest absolute Gasteiger partial charge is 0.490 e. The fourth-order valence-corrected chi connectivity index (χ4v) is 2.10. The van der Waals surface area contributed by atoms with Crippen LogP contribution >= 0.6 is 0 Å². The van der Waals surface area contributed by atoms with Crippen molar-refractivity contribution >= 4 is 0 Å². The molecule has 0 fully saturated rings. The molecule has 1 aliphatic rings. The van der Waals surface area contributed by atoms with Crippen molar-refractivity contribution in [2.75, 3.05) is 13.2 Å². The summed E-state index contributed by atoms with van der Waals surface area (Å²) >= 11 is 0. The van der Waals surface area contributed by atoms with Crippen LogP contribution in [-0.2, 0) is 12.8 Å². The van der Waals surface area contributed by atoms with Gasteiger partial charge in [0.15, 0.2) is 17.3 Å². The molecule has 1 aromatic heterocycles. The molecule has 0 saturated carbocycles. The predicted molar refractivity (Wildman–Crippen MR) is 68.3 cm³/mol. The average molecular weight is 260 g/mol. The Balaban J connectivity index is 1.60. The number of nitrogens with one attached hydrogen (secondary N) is 1. The molecule has 19 heavy (non-hydrogen) atoms. The van der Waals surface area contributed by atoms with E-state index < -0.39 is 0 Å². The predicted octanol–water partition coefficient (Wildman–Crippen LogP) is 1.54. The van der Waals surface area contributed by atoms with Gasteiger partial charge in [0.25, 0.3) is 0 Å². The fourth-order valence-electron chi connectivity index (χ4n) is 2.10. The molecule has 0 unspecified atom stereocenters. The third-order valence-corrected chi connectivity index (χ3v) is 3.07. The van der Waals surface area contributed by atoms with Crippen molar-refractivity contribution in [3.8, 4) is 11.5 Å². The summed E-state index contributed by atoms with van der Waals surface area (Å²) in [5.74, 6) is 2.46. The molecule has 0 saturated heterocycles. The van der Waals surface area contributed by atoms with E-state index in [1.807, 2.05) is 6.07 Å². The summed E-state index contributed by atoms with van der Waals surface area (Å²) in [6, 6.07) is 6.14. The molecule has 0 amide bonds. The number of ether oxygens (including phenoxy) is 2. The SMILES string of the molecule is c1cc2c(cc1CCCc1nn[nH]n1)OCCCO2. The lowest BCUT2D eigenvalue weighted by Gasteiger charge is -2.09. The van der Waals surface area contributed by atoms with Crippen molar-refractivity contribution in [1.82, 2.24) is 20.6 Å². The van der Waals surface area contributed by atoms with Gasteiger partial charge in [0.2, 0.25) is 0 Å². The van der Waals surface area contributed by atoms with Gasteiger partial charge >= 0.3 is 0 Å². The van der Waals surface area contributed by atoms with Crippen molar-refractivity contribution in [3.63, 3.8) is 0 Å². The van der Waals surface area contributed by atoms with Gasteiger partial charge in [0.1, 0.15) is 0 Å². The highest BCUT2D eigenvalue weighted by Crippen LogP contribution is 2.30. The van der Waals surface area contributed by atoms with Crippen LogP contribution in [0, 0.1) is 0 Å². The smallest absolute Gasteiger partial charge is 0.174 e. The zero-order valence-electron chi connectivity index (χ0n) is 10.6. The van der Waals surface area contributed by atoms with Gasteiger partial charge in [-0.2, -0.15) is 5.21 Å². The van der Waals surface area contributed by atoms with E-state index in [0.717, 1.165) is 56.2 Å². The van der Waals surface area contributed by atoms with Crippen LogP contribution < -0.4 is 9.47 Å². The second-order valence-electron chi connectivity index (χ2n) is 4.51. The van der Waals surface area contributed by atoms with Gasteiger partial charge in [-0.1, -0.05) is 11.3 Å². The van der Waals surface area contributed by atoms with E-state index in [1.54, 1.807) is 0 Å². The number of H-pyrrole nitrogens is 1. The number of aromatic nitrogens is 4. The summed E-state index contributed by atoms with van der Waals surface area (Å²) in [7, 11) is 0. The maximum Gasteiger partial charge on any atom is 0.174 e. The second kappa shape index (κ2) is 5.69. The number of hydrogen-bond acceptors (Lipinski definition) is 5. The molecule has 1 aromatic carbocycles. The molecule has 0 atom stereocenters. The normalized spacial score (nSPS) is 14.1.